The molecule has 9 heteroatoms. The van der Waals surface area contributed by atoms with Gasteiger partial charge in [-0.05, 0) is 36.2 Å². The van der Waals surface area contributed by atoms with Gasteiger partial charge in [0.25, 0.3) is 0 Å². The molecule has 0 aliphatic rings. The number of nitrogens with two attached hydrogens (primary N) is 1. The maximum atomic E-state index is 14.2. The molecule has 0 saturated heterocycles. The zero-order chi connectivity index (χ0) is 19.1. The SMILES string of the molecule is Cc1ccc(-c2noc(CF)c2-c2ccc(S(N)(=O)=O)c(F)c2)cc1Br. The largest absolute Gasteiger partial charge is 0.357 e. The van der Waals surface area contributed by atoms with E-state index in [-0.39, 0.29) is 16.9 Å². The molecule has 2 aromatic carbocycles. The molecule has 26 heavy (non-hydrogen) atoms. The lowest BCUT2D eigenvalue weighted by Gasteiger charge is -2.07. The number of rotatable bonds is 4. The molecule has 0 saturated carbocycles. The Balaban J connectivity index is 2.20. The van der Waals surface area contributed by atoms with Crippen LogP contribution in [0.3, 0.4) is 0 Å². The molecule has 1 heterocycles. The quantitative estimate of drug-likeness (QED) is 0.650. The first kappa shape index (κ1) is 18.7. The Morgan fingerprint density at radius 1 is 1.19 bits per heavy atom. The Bertz CT molecular complexity index is 1100. The monoisotopic (exact) mass is 442 g/mol. The van der Waals surface area contributed by atoms with Gasteiger partial charge in [0.2, 0.25) is 10.0 Å². The number of aryl methyl sites for hydroxylation is 1. The molecule has 3 rings (SSSR count). The van der Waals surface area contributed by atoms with E-state index in [0.717, 1.165) is 22.2 Å². The molecule has 0 spiro atoms. The number of primary sulfonamides is 1. The van der Waals surface area contributed by atoms with E-state index >= 15 is 0 Å². The van der Waals surface area contributed by atoms with E-state index in [1.165, 1.54) is 6.07 Å². The summed E-state index contributed by atoms with van der Waals surface area (Å²) in [5.41, 5.74) is 2.43. The van der Waals surface area contributed by atoms with E-state index < -0.39 is 27.4 Å². The van der Waals surface area contributed by atoms with Crippen molar-refractivity contribution in [3.63, 3.8) is 0 Å². The van der Waals surface area contributed by atoms with E-state index in [2.05, 4.69) is 21.1 Å². The van der Waals surface area contributed by atoms with Crippen molar-refractivity contribution in [2.75, 3.05) is 0 Å². The van der Waals surface area contributed by atoms with Gasteiger partial charge >= 0.3 is 0 Å². The van der Waals surface area contributed by atoms with Crippen molar-refractivity contribution in [3.8, 4) is 22.4 Å². The highest BCUT2D eigenvalue weighted by Crippen LogP contribution is 2.37. The second-order valence-electron chi connectivity index (χ2n) is 5.62. The maximum Gasteiger partial charge on any atom is 0.240 e. The number of sulfonamides is 1. The molecule has 5 nitrogen and oxygen atoms in total. The topological polar surface area (TPSA) is 86.2 Å². The summed E-state index contributed by atoms with van der Waals surface area (Å²) in [5.74, 6) is -1.12. The van der Waals surface area contributed by atoms with Crippen LogP contribution >= 0.6 is 15.9 Å². The summed E-state index contributed by atoms with van der Waals surface area (Å²) in [4.78, 5) is -0.640. The molecule has 0 bridgehead atoms. The van der Waals surface area contributed by atoms with E-state index in [1.807, 2.05) is 13.0 Å². The summed E-state index contributed by atoms with van der Waals surface area (Å²) in [6.07, 6.45) is 0. The second kappa shape index (κ2) is 6.90. The minimum atomic E-state index is -4.20. The van der Waals surface area contributed by atoms with Gasteiger partial charge < -0.3 is 4.52 Å². The van der Waals surface area contributed by atoms with Gasteiger partial charge in [0.15, 0.2) is 12.4 Å². The normalized spacial score (nSPS) is 11.7. The molecular weight excluding hydrogens is 430 g/mol. The van der Waals surface area contributed by atoms with Gasteiger partial charge in [-0.25, -0.2) is 22.3 Å². The Hall–Kier alpha value is -2.10. The number of aromatic nitrogens is 1. The maximum absolute atomic E-state index is 14.2. The van der Waals surface area contributed by atoms with Gasteiger partial charge in [-0.1, -0.05) is 39.3 Å². The Labute approximate surface area is 157 Å². The summed E-state index contributed by atoms with van der Waals surface area (Å²) in [5, 5.41) is 8.87. The number of halogens is 3. The minimum absolute atomic E-state index is 0.0838. The molecule has 1 aromatic heterocycles. The van der Waals surface area contributed by atoms with Gasteiger partial charge in [0.1, 0.15) is 16.4 Å². The molecule has 0 amide bonds. The Morgan fingerprint density at radius 2 is 1.88 bits per heavy atom. The molecule has 0 aliphatic carbocycles. The van der Waals surface area contributed by atoms with Crippen molar-refractivity contribution >= 4 is 26.0 Å². The summed E-state index contributed by atoms with van der Waals surface area (Å²) in [6.45, 7) is 0.958. The summed E-state index contributed by atoms with van der Waals surface area (Å²) < 4.78 is 56.2. The first-order valence-corrected chi connectivity index (χ1v) is 9.70. The Morgan fingerprint density at radius 3 is 2.46 bits per heavy atom. The predicted molar refractivity (Wildman–Crippen MR) is 96.0 cm³/mol. The van der Waals surface area contributed by atoms with Crippen molar-refractivity contribution < 1.29 is 21.7 Å². The molecule has 0 aliphatic heterocycles. The average molecular weight is 443 g/mol. The summed E-state index contributed by atoms with van der Waals surface area (Å²) in [6, 6.07) is 8.74. The lowest BCUT2D eigenvalue weighted by Crippen LogP contribution is -2.14. The highest BCUT2D eigenvalue weighted by Gasteiger charge is 2.22. The highest BCUT2D eigenvalue weighted by atomic mass is 79.9. The van der Waals surface area contributed by atoms with Crippen LogP contribution in [0.4, 0.5) is 8.78 Å². The number of nitrogens with zero attached hydrogens (tertiary/aromatic N) is 1. The predicted octanol–water partition coefficient (Wildman–Crippen LogP) is 4.34. The van der Waals surface area contributed by atoms with E-state index in [1.54, 1.807) is 12.1 Å². The van der Waals surface area contributed by atoms with Gasteiger partial charge in [-0.3, -0.25) is 0 Å². The van der Waals surface area contributed by atoms with Crippen molar-refractivity contribution in [3.05, 3.63) is 58.0 Å². The first-order chi connectivity index (χ1) is 12.2. The highest BCUT2D eigenvalue weighted by molar-refractivity contribution is 9.10. The smallest absolute Gasteiger partial charge is 0.240 e. The lowest BCUT2D eigenvalue weighted by atomic mass is 9.98. The van der Waals surface area contributed by atoms with Crippen LogP contribution in [-0.2, 0) is 16.7 Å². The fourth-order valence-electron chi connectivity index (χ4n) is 2.54. The standard InChI is InChI=1S/C17H13BrF2N2O3S/c1-9-2-3-11(6-12(9)18)17-16(14(8-19)25-22-17)10-4-5-15(13(20)7-10)26(21,23)24/h2-7H,8H2,1H3,(H2,21,23,24). The lowest BCUT2D eigenvalue weighted by molar-refractivity contribution is 0.332. The van der Waals surface area contributed by atoms with Gasteiger partial charge in [0.05, 0.1) is 5.56 Å². The fourth-order valence-corrected chi connectivity index (χ4v) is 3.50. The molecular formula is C17H13BrF2N2O3S. The van der Waals surface area contributed by atoms with E-state index in [4.69, 9.17) is 9.66 Å². The van der Waals surface area contributed by atoms with Crippen LogP contribution in [0.15, 0.2) is 50.3 Å². The first-order valence-electron chi connectivity index (χ1n) is 7.36. The molecule has 3 aromatic rings. The number of benzene rings is 2. The molecule has 2 N–H and O–H groups in total. The molecule has 136 valence electrons. The van der Waals surface area contributed by atoms with Crippen LogP contribution in [-0.4, -0.2) is 13.6 Å². The van der Waals surface area contributed by atoms with Crippen LogP contribution in [0.1, 0.15) is 11.3 Å². The van der Waals surface area contributed by atoms with Crippen molar-refractivity contribution in [2.24, 2.45) is 5.14 Å². The second-order valence-corrected chi connectivity index (χ2v) is 8.00. The zero-order valence-corrected chi connectivity index (χ0v) is 15.9. The van der Waals surface area contributed by atoms with Gasteiger partial charge in [0, 0.05) is 10.0 Å². The molecule has 0 atom stereocenters. The fraction of sp³-hybridized carbons (Fsp3) is 0.118. The summed E-state index contributed by atoms with van der Waals surface area (Å²) in [7, 11) is -4.20. The van der Waals surface area contributed by atoms with Crippen LogP contribution in [0.5, 0.6) is 0 Å². The van der Waals surface area contributed by atoms with Gasteiger partial charge in [-0.15, -0.1) is 0 Å². The zero-order valence-electron chi connectivity index (χ0n) is 13.5. The van der Waals surface area contributed by atoms with Crippen molar-refractivity contribution in [1.82, 2.24) is 5.16 Å². The Kier molecular flexibility index (Phi) is 4.96. The van der Waals surface area contributed by atoms with E-state index in [0.29, 0.717) is 11.3 Å². The average Bonchev–Trinajstić information content (AvgIpc) is 3.00. The van der Waals surface area contributed by atoms with Gasteiger partial charge in [-0.2, -0.15) is 0 Å². The van der Waals surface area contributed by atoms with Crippen molar-refractivity contribution in [1.29, 1.82) is 0 Å². The number of alkyl halides is 1. The molecule has 0 unspecified atom stereocenters. The molecule has 0 fully saturated rings. The minimum Gasteiger partial charge on any atom is -0.357 e. The number of hydrogen-bond donors (Lipinski definition) is 1. The third-order valence-electron chi connectivity index (χ3n) is 3.86. The third-order valence-corrected chi connectivity index (χ3v) is 5.65. The van der Waals surface area contributed by atoms with Crippen LogP contribution in [0.25, 0.3) is 22.4 Å². The van der Waals surface area contributed by atoms with Crippen LogP contribution in [0, 0.1) is 12.7 Å². The molecule has 0 radical (unpaired) electrons. The van der Waals surface area contributed by atoms with Crippen LogP contribution < -0.4 is 5.14 Å². The summed E-state index contributed by atoms with van der Waals surface area (Å²) >= 11 is 3.42. The van der Waals surface area contributed by atoms with Crippen LogP contribution in [0.2, 0.25) is 0 Å². The van der Waals surface area contributed by atoms with Crippen molar-refractivity contribution in [2.45, 2.75) is 18.5 Å². The third kappa shape index (κ3) is 3.42. The number of hydrogen-bond acceptors (Lipinski definition) is 4. The van der Waals surface area contributed by atoms with E-state index in [9.17, 15) is 17.2 Å².